The van der Waals surface area contributed by atoms with Gasteiger partial charge in [0.05, 0.1) is 5.56 Å². The third-order valence-electron chi connectivity index (χ3n) is 4.05. The Morgan fingerprint density at radius 3 is 2.31 bits per heavy atom. The zero-order valence-electron chi connectivity index (χ0n) is 14.6. The standard InChI is InChI=1S/C17H22F2N4O3/c1-2-20-17(26)23-9-7-22(8-10-23)15(24)5-6-21-16(25)13-4-3-12(18)11-14(13)19/h3-4,11H,2,5-10H2,1H3,(H,20,26)(H,21,25). The number of urea groups is 1. The van der Waals surface area contributed by atoms with E-state index in [0.29, 0.717) is 38.8 Å². The van der Waals surface area contributed by atoms with E-state index in [1.54, 1.807) is 9.80 Å². The van der Waals surface area contributed by atoms with E-state index in [-0.39, 0.29) is 30.5 Å². The Bertz CT molecular complexity index is 676. The van der Waals surface area contributed by atoms with Crippen molar-refractivity contribution in [3.05, 3.63) is 35.4 Å². The molecule has 4 amide bonds. The maximum absolute atomic E-state index is 13.5. The Morgan fingerprint density at radius 2 is 1.69 bits per heavy atom. The van der Waals surface area contributed by atoms with Crippen LogP contribution in [0.15, 0.2) is 18.2 Å². The van der Waals surface area contributed by atoms with Crippen LogP contribution in [-0.4, -0.2) is 66.9 Å². The number of nitrogens with zero attached hydrogens (tertiary/aromatic N) is 2. The van der Waals surface area contributed by atoms with Crippen molar-refractivity contribution in [2.24, 2.45) is 0 Å². The lowest BCUT2D eigenvalue weighted by atomic mass is 10.2. The smallest absolute Gasteiger partial charge is 0.317 e. The predicted molar refractivity (Wildman–Crippen MR) is 90.5 cm³/mol. The molecule has 0 aliphatic carbocycles. The first-order valence-corrected chi connectivity index (χ1v) is 8.46. The number of halogens is 2. The zero-order chi connectivity index (χ0) is 19.1. The van der Waals surface area contributed by atoms with Gasteiger partial charge in [0.2, 0.25) is 5.91 Å². The number of nitrogens with one attached hydrogen (secondary N) is 2. The minimum Gasteiger partial charge on any atom is -0.351 e. The molecule has 0 bridgehead atoms. The minimum absolute atomic E-state index is 0.0466. The third kappa shape index (κ3) is 5.14. The van der Waals surface area contributed by atoms with E-state index in [1.165, 1.54) is 0 Å². The number of benzene rings is 1. The summed E-state index contributed by atoms with van der Waals surface area (Å²) in [4.78, 5) is 39.0. The average Bonchev–Trinajstić information content (AvgIpc) is 2.61. The maximum atomic E-state index is 13.5. The van der Waals surface area contributed by atoms with E-state index in [9.17, 15) is 23.2 Å². The summed E-state index contributed by atoms with van der Waals surface area (Å²) in [6.45, 7) is 4.18. The molecule has 9 heteroatoms. The molecule has 142 valence electrons. The van der Waals surface area contributed by atoms with Crippen molar-refractivity contribution in [1.29, 1.82) is 0 Å². The Hall–Kier alpha value is -2.71. The molecule has 1 saturated heterocycles. The lowest BCUT2D eigenvalue weighted by Crippen LogP contribution is -2.53. The van der Waals surface area contributed by atoms with Crippen molar-refractivity contribution in [2.75, 3.05) is 39.3 Å². The van der Waals surface area contributed by atoms with Crippen molar-refractivity contribution in [1.82, 2.24) is 20.4 Å². The number of rotatable bonds is 5. The molecule has 0 radical (unpaired) electrons. The molecule has 1 aromatic rings. The number of amides is 4. The number of carbonyl (C=O) groups excluding carboxylic acids is 3. The number of hydrogen-bond donors (Lipinski definition) is 2. The maximum Gasteiger partial charge on any atom is 0.317 e. The molecule has 1 fully saturated rings. The number of hydrogen-bond acceptors (Lipinski definition) is 3. The van der Waals surface area contributed by atoms with Crippen LogP contribution < -0.4 is 10.6 Å². The lowest BCUT2D eigenvalue weighted by Gasteiger charge is -2.34. The second-order valence-corrected chi connectivity index (χ2v) is 5.83. The molecule has 0 saturated carbocycles. The molecule has 0 aromatic heterocycles. The van der Waals surface area contributed by atoms with Gasteiger partial charge in [0.25, 0.3) is 5.91 Å². The summed E-state index contributed by atoms with van der Waals surface area (Å²) in [6.07, 6.45) is 0.0652. The highest BCUT2D eigenvalue weighted by Gasteiger charge is 2.23. The quantitative estimate of drug-likeness (QED) is 0.812. The van der Waals surface area contributed by atoms with Crippen LogP contribution in [0.2, 0.25) is 0 Å². The highest BCUT2D eigenvalue weighted by atomic mass is 19.1. The van der Waals surface area contributed by atoms with Gasteiger partial charge in [-0.15, -0.1) is 0 Å². The molecular formula is C17H22F2N4O3. The third-order valence-corrected chi connectivity index (χ3v) is 4.05. The Morgan fingerprint density at radius 1 is 1.04 bits per heavy atom. The van der Waals surface area contributed by atoms with E-state index in [4.69, 9.17) is 0 Å². The van der Waals surface area contributed by atoms with E-state index < -0.39 is 17.5 Å². The van der Waals surface area contributed by atoms with E-state index >= 15 is 0 Å². The minimum atomic E-state index is -0.949. The highest BCUT2D eigenvalue weighted by molar-refractivity contribution is 5.94. The number of carbonyl (C=O) groups is 3. The summed E-state index contributed by atoms with van der Waals surface area (Å²) in [5.74, 6) is -2.56. The molecule has 1 aromatic carbocycles. The van der Waals surface area contributed by atoms with Crippen LogP contribution in [-0.2, 0) is 4.79 Å². The first kappa shape index (κ1) is 19.6. The molecule has 0 unspecified atom stereocenters. The van der Waals surface area contributed by atoms with Crippen molar-refractivity contribution >= 4 is 17.8 Å². The SMILES string of the molecule is CCNC(=O)N1CCN(C(=O)CCNC(=O)c2ccc(F)cc2F)CC1. The van der Waals surface area contributed by atoms with Crippen LogP contribution in [0.1, 0.15) is 23.7 Å². The monoisotopic (exact) mass is 368 g/mol. The normalized spacial score (nSPS) is 14.1. The fourth-order valence-corrected chi connectivity index (χ4v) is 2.63. The van der Waals surface area contributed by atoms with E-state index in [2.05, 4.69) is 10.6 Å². The summed E-state index contributed by atoms with van der Waals surface area (Å²) in [5, 5.41) is 5.16. The molecule has 26 heavy (non-hydrogen) atoms. The fourth-order valence-electron chi connectivity index (χ4n) is 2.63. The van der Waals surface area contributed by atoms with Gasteiger partial charge in [-0.3, -0.25) is 9.59 Å². The summed E-state index contributed by atoms with van der Waals surface area (Å²) in [6, 6.07) is 2.54. The van der Waals surface area contributed by atoms with Crippen molar-refractivity contribution in [3.63, 3.8) is 0 Å². The average molecular weight is 368 g/mol. The van der Waals surface area contributed by atoms with E-state index in [1.807, 2.05) is 6.92 Å². The Balaban J connectivity index is 1.74. The van der Waals surface area contributed by atoms with Gasteiger partial charge in [-0.1, -0.05) is 0 Å². The van der Waals surface area contributed by atoms with Gasteiger partial charge in [-0.05, 0) is 19.1 Å². The first-order chi connectivity index (χ1) is 12.4. The molecule has 2 rings (SSSR count). The van der Waals surface area contributed by atoms with Gasteiger partial charge < -0.3 is 20.4 Å². The number of piperazine rings is 1. The second kappa shape index (κ2) is 9.12. The van der Waals surface area contributed by atoms with E-state index in [0.717, 1.165) is 12.1 Å². The molecule has 1 aliphatic rings. The predicted octanol–water partition coefficient (Wildman–Crippen LogP) is 0.958. The summed E-state index contributed by atoms with van der Waals surface area (Å²) >= 11 is 0. The Kier molecular flexibility index (Phi) is 6.88. The van der Waals surface area contributed by atoms with Crippen LogP contribution in [0.25, 0.3) is 0 Å². The van der Waals surface area contributed by atoms with Gasteiger partial charge >= 0.3 is 6.03 Å². The van der Waals surface area contributed by atoms with Gasteiger partial charge in [0, 0.05) is 51.8 Å². The van der Waals surface area contributed by atoms with Crippen molar-refractivity contribution in [3.8, 4) is 0 Å². The highest BCUT2D eigenvalue weighted by Crippen LogP contribution is 2.09. The molecule has 0 spiro atoms. The zero-order valence-corrected chi connectivity index (χ0v) is 14.6. The first-order valence-electron chi connectivity index (χ1n) is 8.46. The molecular weight excluding hydrogens is 346 g/mol. The van der Waals surface area contributed by atoms with Gasteiger partial charge in [0.1, 0.15) is 11.6 Å². The summed E-state index contributed by atoms with van der Waals surface area (Å²) in [7, 11) is 0. The summed E-state index contributed by atoms with van der Waals surface area (Å²) < 4.78 is 26.4. The lowest BCUT2D eigenvalue weighted by molar-refractivity contribution is -0.132. The Labute approximate surface area is 150 Å². The molecule has 2 N–H and O–H groups in total. The summed E-state index contributed by atoms with van der Waals surface area (Å²) in [5.41, 5.74) is -0.269. The molecule has 1 aliphatic heterocycles. The van der Waals surface area contributed by atoms with Gasteiger partial charge in [-0.2, -0.15) is 0 Å². The second-order valence-electron chi connectivity index (χ2n) is 5.83. The van der Waals surface area contributed by atoms with Crippen LogP contribution in [0.5, 0.6) is 0 Å². The van der Waals surface area contributed by atoms with Gasteiger partial charge in [-0.25, -0.2) is 13.6 Å². The van der Waals surface area contributed by atoms with Gasteiger partial charge in [0.15, 0.2) is 0 Å². The van der Waals surface area contributed by atoms with Crippen LogP contribution >= 0.6 is 0 Å². The van der Waals surface area contributed by atoms with Crippen molar-refractivity contribution < 1.29 is 23.2 Å². The van der Waals surface area contributed by atoms with Crippen LogP contribution in [0.4, 0.5) is 13.6 Å². The fraction of sp³-hybridized carbons (Fsp3) is 0.471. The van der Waals surface area contributed by atoms with Crippen LogP contribution in [0, 0.1) is 11.6 Å². The molecule has 0 atom stereocenters. The van der Waals surface area contributed by atoms with Crippen LogP contribution in [0.3, 0.4) is 0 Å². The molecule has 7 nitrogen and oxygen atoms in total. The topological polar surface area (TPSA) is 81.8 Å². The molecule has 1 heterocycles. The van der Waals surface area contributed by atoms with Crippen molar-refractivity contribution in [2.45, 2.75) is 13.3 Å². The largest absolute Gasteiger partial charge is 0.351 e.